The molecule has 1 aromatic carbocycles. The molecule has 0 radical (unpaired) electrons. The number of aryl methyl sites for hydroxylation is 1. The van der Waals surface area contributed by atoms with Crippen molar-refractivity contribution in [3.63, 3.8) is 0 Å². The first-order valence-electron chi connectivity index (χ1n) is 8.30. The fourth-order valence-electron chi connectivity index (χ4n) is 2.50. The molecular formula is C19H20N2O5. The molecule has 0 saturated carbocycles. The van der Waals surface area contributed by atoms with Crippen LogP contribution in [0.25, 0.3) is 6.08 Å². The molecule has 1 fully saturated rings. The van der Waals surface area contributed by atoms with Crippen molar-refractivity contribution >= 4 is 18.0 Å². The molecule has 0 atom stereocenters. The van der Waals surface area contributed by atoms with Crippen molar-refractivity contribution in [1.82, 2.24) is 9.55 Å². The number of esters is 2. The molecule has 7 nitrogen and oxygen atoms in total. The first-order valence-corrected chi connectivity index (χ1v) is 8.30. The van der Waals surface area contributed by atoms with E-state index in [-0.39, 0.29) is 5.57 Å². The molecular weight excluding hydrogens is 336 g/mol. The van der Waals surface area contributed by atoms with Crippen molar-refractivity contribution in [2.75, 3.05) is 6.61 Å². The van der Waals surface area contributed by atoms with Crippen LogP contribution in [0, 0.1) is 0 Å². The maximum absolute atomic E-state index is 12.0. The average molecular weight is 356 g/mol. The van der Waals surface area contributed by atoms with Gasteiger partial charge in [0.05, 0.1) is 12.9 Å². The van der Waals surface area contributed by atoms with E-state index in [0.29, 0.717) is 17.9 Å². The fourth-order valence-corrected chi connectivity index (χ4v) is 2.50. The van der Waals surface area contributed by atoms with Gasteiger partial charge in [-0.3, -0.25) is 0 Å². The third-order valence-electron chi connectivity index (χ3n) is 3.67. The number of imidazole rings is 1. The summed E-state index contributed by atoms with van der Waals surface area (Å²) in [6.45, 7) is 4.38. The fraction of sp³-hybridized carbons (Fsp3) is 0.316. The summed E-state index contributed by atoms with van der Waals surface area (Å²) in [6.07, 6.45) is 7.67. The molecule has 0 unspecified atom stereocenters. The van der Waals surface area contributed by atoms with Gasteiger partial charge in [0.25, 0.3) is 5.79 Å². The number of hydrogen-bond acceptors (Lipinski definition) is 6. The summed E-state index contributed by atoms with van der Waals surface area (Å²) in [7, 11) is 0. The number of cyclic esters (lactones) is 2. The molecule has 7 heteroatoms. The zero-order valence-corrected chi connectivity index (χ0v) is 14.7. The molecule has 0 amide bonds. The van der Waals surface area contributed by atoms with Crippen LogP contribution in [0.3, 0.4) is 0 Å². The lowest BCUT2D eigenvalue weighted by atomic mass is 10.1. The van der Waals surface area contributed by atoms with Crippen molar-refractivity contribution < 1.29 is 23.8 Å². The molecule has 3 rings (SSSR count). The van der Waals surface area contributed by atoms with Gasteiger partial charge in [-0.15, -0.1) is 0 Å². The number of carbonyl (C=O) groups excluding carboxylic acids is 2. The lowest BCUT2D eigenvalue weighted by Crippen LogP contribution is -2.41. The zero-order valence-electron chi connectivity index (χ0n) is 14.7. The Balaban J connectivity index is 1.61. The van der Waals surface area contributed by atoms with Crippen LogP contribution in [-0.4, -0.2) is 33.9 Å². The molecule has 26 heavy (non-hydrogen) atoms. The third-order valence-corrected chi connectivity index (χ3v) is 3.67. The zero-order chi connectivity index (χ0) is 18.6. The molecule has 0 bridgehead atoms. The van der Waals surface area contributed by atoms with E-state index in [1.54, 1.807) is 30.7 Å². The van der Waals surface area contributed by atoms with Crippen LogP contribution in [0.1, 0.15) is 25.8 Å². The van der Waals surface area contributed by atoms with Gasteiger partial charge in [0.1, 0.15) is 11.3 Å². The van der Waals surface area contributed by atoms with Crippen LogP contribution in [0.5, 0.6) is 5.75 Å². The van der Waals surface area contributed by atoms with Crippen LogP contribution in [-0.2, 0) is 25.6 Å². The second-order valence-electron chi connectivity index (χ2n) is 6.31. The highest BCUT2D eigenvalue weighted by atomic mass is 16.7. The molecule has 0 aliphatic carbocycles. The Morgan fingerprint density at radius 2 is 2.00 bits per heavy atom. The standard InChI is InChI=1S/C19H20N2O5/c1-19(2)25-17(22)16(18(23)26-19)12-14-5-3-6-15(11-14)24-10-4-8-21-9-7-20-13-21/h3,5-7,9,11-13H,4,8,10H2,1-2H3. The van der Waals surface area contributed by atoms with Crippen molar-refractivity contribution in [2.45, 2.75) is 32.6 Å². The summed E-state index contributed by atoms with van der Waals surface area (Å²) >= 11 is 0. The van der Waals surface area contributed by atoms with Crippen molar-refractivity contribution in [3.05, 3.63) is 54.1 Å². The predicted octanol–water partition coefficient (Wildman–Crippen LogP) is 2.57. The quantitative estimate of drug-likeness (QED) is 0.343. The summed E-state index contributed by atoms with van der Waals surface area (Å²) < 4.78 is 17.9. The Kier molecular flexibility index (Phi) is 5.06. The van der Waals surface area contributed by atoms with Crippen molar-refractivity contribution in [2.24, 2.45) is 0 Å². The van der Waals surface area contributed by atoms with Crippen LogP contribution in [0.15, 0.2) is 48.6 Å². The SMILES string of the molecule is CC1(C)OC(=O)C(=Cc2cccc(OCCCn3ccnc3)c2)C(=O)O1. The van der Waals surface area contributed by atoms with Crippen molar-refractivity contribution in [3.8, 4) is 5.75 Å². The highest BCUT2D eigenvalue weighted by Gasteiger charge is 2.38. The highest BCUT2D eigenvalue weighted by Crippen LogP contribution is 2.25. The Bertz CT molecular complexity index is 802. The lowest BCUT2D eigenvalue weighted by molar-refractivity contribution is -0.222. The van der Waals surface area contributed by atoms with Gasteiger partial charge in [0.2, 0.25) is 0 Å². The van der Waals surface area contributed by atoms with E-state index in [4.69, 9.17) is 14.2 Å². The molecule has 1 aliphatic rings. The number of ether oxygens (including phenoxy) is 3. The summed E-state index contributed by atoms with van der Waals surface area (Å²) in [4.78, 5) is 28.0. The van der Waals surface area contributed by atoms with E-state index in [2.05, 4.69) is 4.98 Å². The molecule has 1 aromatic heterocycles. The predicted molar refractivity (Wildman–Crippen MR) is 93.0 cm³/mol. The lowest BCUT2D eigenvalue weighted by Gasteiger charge is -2.29. The topological polar surface area (TPSA) is 79.7 Å². The van der Waals surface area contributed by atoms with E-state index in [1.807, 2.05) is 16.8 Å². The number of benzene rings is 1. The number of hydrogen-bond donors (Lipinski definition) is 0. The molecule has 2 aromatic rings. The minimum absolute atomic E-state index is 0.137. The average Bonchev–Trinajstić information content (AvgIpc) is 3.08. The Morgan fingerprint density at radius 3 is 2.69 bits per heavy atom. The van der Waals surface area contributed by atoms with Gasteiger partial charge >= 0.3 is 11.9 Å². The summed E-state index contributed by atoms with van der Waals surface area (Å²) in [6, 6.07) is 7.14. The van der Waals surface area contributed by atoms with Crippen LogP contribution >= 0.6 is 0 Å². The maximum Gasteiger partial charge on any atom is 0.348 e. The molecule has 136 valence electrons. The number of carbonyl (C=O) groups is 2. The van der Waals surface area contributed by atoms with E-state index in [0.717, 1.165) is 13.0 Å². The van der Waals surface area contributed by atoms with Gasteiger partial charge in [-0.2, -0.15) is 0 Å². The number of aromatic nitrogens is 2. The molecule has 1 aliphatic heterocycles. The van der Waals surface area contributed by atoms with Gasteiger partial charge in [-0.1, -0.05) is 12.1 Å². The smallest absolute Gasteiger partial charge is 0.348 e. The summed E-state index contributed by atoms with van der Waals surface area (Å²) in [5, 5.41) is 0. The van der Waals surface area contributed by atoms with E-state index in [1.165, 1.54) is 19.9 Å². The minimum Gasteiger partial charge on any atom is -0.494 e. The van der Waals surface area contributed by atoms with E-state index < -0.39 is 17.7 Å². The molecule has 0 N–H and O–H groups in total. The van der Waals surface area contributed by atoms with Crippen molar-refractivity contribution in [1.29, 1.82) is 0 Å². The molecule has 0 spiro atoms. The largest absolute Gasteiger partial charge is 0.494 e. The molecule has 1 saturated heterocycles. The first-order chi connectivity index (χ1) is 12.4. The number of nitrogens with zero attached hydrogens (tertiary/aromatic N) is 2. The third kappa shape index (κ3) is 4.50. The van der Waals surface area contributed by atoms with Gasteiger partial charge in [-0.25, -0.2) is 14.6 Å². The van der Waals surface area contributed by atoms with Crippen LogP contribution in [0.2, 0.25) is 0 Å². The Morgan fingerprint density at radius 1 is 1.23 bits per heavy atom. The monoisotopic (exact) mass is 356 g/mol. The Hall–Kier alpha value is -3.09. The second kappa shape index (κ2) is 7.43. The minimum atomic E-state index is -1.24. The van der Waals surface area contributed by atoms with Gasteiger partial charge < -0.3 is 18.8 Å². The van der Waals surface area contributed by atoms with E-state index in [9.17, 15) is 9.59 Å². The van der Waals surface area contributed by atoms with Gasteiger partial charge in [-0.05, 0) is 30.2 Å². The second-order valence-corrected chi connectivity index (χ2v) is 6.31. The highest BCUT2D eigenvalue weighted by molar-refractivity contribution is 6.18. The normalized spacial score (nSPS) is 16.0. The van der Waals surface area contributed by atoms with Gasteiger partial charge in [0, 0.05) is 32.8 Å². The maximum atomic E-state index is 12.0. The number of rotatable bonds is 6. The summed E-state index contributed by atoms with van der Waals surface area (Å²) in [5.41, 5.74) is 0.516. The first kappa shape index (κ1) is 17.7. The van der Waals surface area contributed by atoms with E-state index >= 15 is 0 Å². The molecule has 2 heterocycles. The Labute approximate surface area is 151 Å². The van der Waals surface area contributed by atoms with Gasteiger partial charge in [0.15, 0.2) is 0 Å². The summed E-state index contributed by atoms with van der Waals surface area (Å²) in [5.74, 6) is -1.98. The van der Waals surface area contributed by atoms with Crippen LogP contribution < -0.4 is 4.74 Å². The van der Waals surface area contributed by atoms with Crippen LogP contribution in [0.4, 0.5) is 0 Å².